The molecule has 1 aliphatic rings. The molecule has 0 spiro atoms. The Balaban J connectivity index is 0.960. The van der Waals surface area contributed by atoms with Crippen LogP contribution in [0, 0.1) is 0 Å². The first kappa shape index (κ1) is 37.1. The number of benzene rings is 9. The van der Waals surface area contributed by atoms with Crippen molar-refractivity contribution in [3.63, 3.8) is 0 Å². The van der Waals surface area contributed by atoms with E-state index in [2.05, 4.69) is 213 Å². The quantitative estimate of drug-likeness (QED) is 0.166. The van der Waals surface area contributed by atoms with Gasteiger partial charge in [0.2, 0.25) is 5.95 Å². The monoisotopic (exact) mass is 794 g/mol. The molecule has 0 fully saturated rings. The lowest BCUT2D eigenvalue weighted by atomic mass is 9.82. The number of aromatic nitrogens is 3. The summed E-state index contributed by atoms with van der Waals surface area (Å²) >= 11 is 0. The fourth-order valence-electron chi connectivity index (χ4n) is 9.11. The molecular weight excluding hydrogens is 753 g/mol. The highest BCUT2D eigenvalue weighted by molar-refractivity contribution is 6.03. The molecule has 0 unspecified atom stereocenters. The summed E-state index contributed by atoms with van der Waals surface area (Å²) < 4.78 is 0. The first-order chi connectivity index (χ1) is 30.5. The molecule has 11 rings (SSSR count). The van der Waals surface area contributed by atoms with Crippen molar-refractivity contribution in [3.8, 4) is 78.4 Å². The molecule has 0 aliphatic heterocycles. The van der Waals surface area contributed by atoms with Gasteiger partial charge >= 0.3 is 0 Å². The van der Waals surface area contributed by atoms with Crippen LogP contribution >= 0.6 is 0 Å². The summed E-state index contributed by atoms with van der Waals surface area (Å²) in [6, 6.07) is 75.2. The van der Waals surface area contributed by atoms with Crippen LogP contribution in [0.25, 0.3) is 89.2 Å². The maximum Gasteiger partial charge on any atom is 0.231 e. The maximum atomic E-state index is 5.05. The molecule has 10 aromatic rings. The molecule has 1 heterocycles. The molecule has 294 valence electrons. The van der Waals surface area contributed by atoms with E-state index in [0.29, 0.717) is 17.6 Å². The Morgan fingerprint density at radius 1 is 0.355 bits per heavy atom. The van der Waals surface area contributed by atoms with Gasteiger partial charge in [0.25, 0.3) is 0 Å². The van der Waals surface area contributed by atoms with Gasteiger partial charge in [-0.1, -0.05) is 208 Å². The van der Waals surface area contributed by atoms with Gasteiger partial charge in [-0.25, -0.2) is 4.98 Å². The Kier molecular flexibility index (Phi) is 9.13. The molecular formula is C58H42N4. The summed E-state index contributed by atoms with van der Waals surface area (Å²) in [5.74, 6) is 1.66. The van der Waals surface area contributed by atoms with E-state index in [1.54, 1.807) is 0 Å². The van der Waals surface area contributed by atoms with E-state index in [9.17, 15) is 0 Å². The second-order valence-electron chi connectivity index (χ2n) is 16.5. The summed E-state index contributed by atoms with van der Waals surface area (Å²) in [7, 11) is 0. The topological polar surface area (TPSA) is 50.7 Å². The predicted octanol–water partition coefficient (Wildman–Crippen LogP) is 15.1. The Morgan fingerprint density at radius 2 is 0.855 bits per heavy atom. The fourth-order valence-corrected chi connectivity index (χ4v) is 9.11. The van der Waals surface area contributed by atoms with Crippen LogP contribution in [0.4, 0.5) is 11.6 Å². The standard InChI is InChI=1S/C58H42N4/c1-58(2)51-34-33-46(37-50(51)54-49-22-10-9-18-42(49)32-35-52(54)58)45-19-13-20-47(36-45)48-21-11-12-23-53(48)59-57-61-55(43-28-24-40(25-29-43)38-14-5-3-6-15-38)60-56(62-57)44-30-26-41(27-31-44)39-16-7-4-8-17-39/h3-37H,1-2H3,(H,59,60,61,62). The van der Waals surface area contributed by atoms with E-state index in [1.165, 1.54) is 38.6 Å². The molecule has 0 bridgehead atoms. The zero-order valence-electron chi connectivity index (χ0n) is 34.5. The van der Waals surface area contributed by atoms with Gasteiger partial charge in [-0.05, 0) is 90.2 Å². The highest BCUT2D eigenvalue weighted by atomic mass is 15.2. The van der Waals surface area contributed by atoms with Crippen LogP contribution in [0.1, 0.15) is 25.0 Å². The highest BCUT2D eigenvalue weighted by Crippen LogP contribution is 2.52. The summed E-state index contributed by atoms with van der Waals surface area (Å²) in [5.41, 5.74) is 17.2. The Labute approximate surface area is 362 Å². The van der Waals surface area contributed by atoms with Crippen molar-refractivity contribution in [2.45, 2.75) is 19.3 Å². The van der Waals surface area contributed by atoms with Gasteiger partial charge in [0.05, 0.1) is 0 Å². The lowest BCUT2D eigenvalue weighted by molar-refractivity contribution is 0.661. The van der Waals surface area contributed by atoms with Crippen molar-refractivity contribution in [1.82, 2.24) is 15.0 Å². The molecule has 1 aromatic heterocycles. The van der Waals surface area contributed by atoms with E-state index >= 15 is 0 Å². The molecule has 9 aromatic carbocycles. The molecule has 0 saturated heterocycles. The predicted molar refractivity (Wildman–Crippen MR) is 257 cm³/mol. The summed E-state index contributed by atoms with van der Waals surface area (Å²) in [5, 5.41) is 6.21. The van der Waals surface area contributed by atoms with Gasteiger partial charge < -0.3 is 5.32 Å². The zero-order valence-corrected chi connectivity index (χ0v) is 34.5. The minimum Gasteiger partial charge on any atom is -0.323 e. The van der Waals surface area contributed by atoms with Crippen molar-refractivity contribution < 1.29 is 0 Å². The lowest BCUT2D eigenvalue weighted by Gasteiger charge is -2.21. The minimum atomic E-state index is -0.0777. The molecule has 1 aliphatic carbocycles. The number of fused-ring (bicyclic) bond motifs is 5. The number of hydrogen-bond donors (Lipinski definition) is 1. The first-order valence-electron chi connectivity index (χ1n) is 21.2. The second-order valence-corrected chi connectivity index (χ2v) is 16.5. The smallest absolute Gasteiger partial charge is 0.231 e. The number of para-hydroxylation sites is 1. The minimum absolute atomic E-state index is 0.0777. The van der Waals surface area contributed by atoms with Gasteiger partial charge in [0, 0.05) is 27.8 Å². The van der Waals surface area contributed by atoms with Gasteiger partial charge in [-0.2, -0.15) is 9.97 Å². The summed E-state index contributed by atoms with van der Waals surface area (Å²) in [6.45, 7) is 4.69. The average Bonchev–Trinajstić information content (AvgIpc) is 3.57. The number of rotatable bonds is 8. The van der Waals surface area contributed by atoms with Gasteiger partial charge in [0.1, 0.15) is 0 Å². The summed E-state index contributed by atoms with van der Waals surface area (Å²) in [6.07, 6.45) is 0. The number of hydrogen-bond acceptors (Lipinski definition) is 4. The van der Waals surface area contributed by atoms with E-state index in [4.69, 9.17) is 15.0 Å². The van der Waals surface area contributed by atoms with Crippen LogP contribution in [0.15, 0.2) is 212 Å². The number of anilines is 2. The maximum absolute atomic E-state index is 5.05. The van der Waals surface area contributed by atoms with Gasteiger partial charge in [-0.3, -0.25) is 0 Å². The van der Waals surface area contributed by atoms with Gasteiger partial charge in [0.15, 0.2) is 11.6 Å². The Bertz CT molecular complexity index is 3160. The largest absolute Gasteiger partial charge is 0.323 e. The van der Waals surface area contributed by atoms with Crippen LogP contribution in [-0.4, -0.2) is 15.0 Å². The molecule has 1 N–H and O–H groups in total. The molecule has 0 radical (unpaired) electrons. The third-order valence-corrected chi connectivity index (χ3v) is 12.4. The van der Waals surface area contributed by atoms with Crippen molar-refractivity contribution in [2.75, 3.05) is 5.32 Å². The molecule has 4 nitrogen and oxygen atoms in total. The first-order valence-corrected chi connectivity index (χ1v) is 21.2. The van der Waals surface area contributed by atoms with Gasteiger partial charge in [-0.15, -0.1) is 0 Å². The number of nitrogens with one attached hydrogen (secondary N) is 1. The molecule has 4 heteroatoms. The third kappa shape index (κ3) is 6.72. The molecule has 0 amide bonds. The van der Waals surface area contributed by atoms with Crippen molar-refractivity contribution in [1.29, 1.82) is 0 Å². The fraction of sp³-hybridized carbons (Fsp3) is 0.0517. The van der Waals surface area contributed by atoms with E-state index in [0.717, 1.165) is 55.8 Å². The van der Waals surface area contributed by atoms with Crippen molar-refractivity contribution in [3.05, 3.63) is 223 Å². The number of nitrogens with zero attached hydrogens (tertiary/aromatic N) is 3. The highest BCUT2D eigenvalue weighted by Gasteiger charge is 2.36. The molecule has 0 atom stereocenters. The normalized spacial score (nSPS) is 12.5. The lowest BCUT2D eigenvalue weighted by Crippen LogP contribution is -2.14. The Hall–Kier alpha value is -7.95. The van der Waals surface area contributed by atoms with E-state index < -0.39 is 0 Å². The van der Waals surface area contributed by atoms with Crippen LogP contribution in [-0.2, 0) is 5.41 Å². The molecule has 62 heavy (non-hydrogen) atoms. The summed E-state index contributed by atoms with van der Waals surface area (Å²) in [4.78, 5) is 15.1. The SMILES string of the molecule is CC1(C)c2ccc(-c3cccc(-c4ccccc4Nc4nc(-c5ccc(-c6ccccc6)cc5)nc(-c5ccc(-c6ccccc6)cc5)n4)c3)cc2-c2c1ccc1ccccc21. The van der Waals surface area contributed by atoms with Crippen molar-refractivity contribution >= 4 is 22.4 Å². The molecule has 0 saturated carbocycles. The average molecular weight is 795 g/mol. The zero-order chi connectivity index (χ0) is 41.6. The Morgan fingerprint density at radius 3 is 1.53 bits per heavy atom. The van der Waals surface area contributed by atoms with Crippen molar-refractivity contribution in [2.24, 2.45) is 0 Å². The van der Waals surface area contributed by atoms with E-state index in [1.807, 2.05) is 18.2 Å². The van der Waals surface area contributed by atoms with Crippen LogP contribution < -0.4 is 5.32 Å². The van der Waals surface area contributed by atoms with E-state index in [-0.39, 0.29) is 5.41 Å². The second kappa shape index (κ2) is 15.3. The van der Waals surface area contributed by atoms with Crippen LogP contribution in [0.3, 0.4) is 0 Å². The third-order valence-electron chi connectivity index (χ3n) is 12.4. The van der Waals surface area contributed by atoms with Crippen LogP contribution in [0.5, 0.6) is 0 Å². The van der Waals surface area contributed by atoms with Crippen LogP contribution in [0.2, 0.25) is 0 Å².